The van der Waals surface area contributed by atoms with Crippen LogP contribution < -0.4 is 10.1 Å². The quantitative estimate of drug-likeness (QED) is 0.765. The number of ether oxygens (including phenoxy) is 1. The van der Waals surface area contributed by atoms with Crippen LogP contribution in [-0.2, 0) is 6.42 Å². The number of nitrogens with zero attached hydrogens (tertiary/aromatic N) is 2. The number of aliphatic hydroxyl groups excluding tert-OH is 1. The summed E-state index contributed by atoms with van der Waals surface area (Å²) in [6.07, 6.45) is 1.46. The third kappa shape index (κ3) is 5.85. The van der Waals surface area contributed by atoms with E-state index in [9.17, 15) is 5.11 Å². The van der Waals surface area contributed by atoms with E-state index in [1.165, 1.54) is 11.5 Å². The first-order valence-electron chi connectivity index (χ1n) is 8.36. The van der Waals surface area contributed by atoms with Crippen LogP contribution in [0.3, 0.4) is 0 Å². The molecule has 132 valence electrons. The fourth-order valence-electron chi connectivity index (χ4n) is 2.21. The number of aryl methyl sites for hydroxylation is 1. The van der Waals surface area contributed by atoms with Crippen molar-refractivity contribution < 1.29 is 9.84 Å². The highest BCUT2D eigenvalue weighted by atomic mass is 32.1. The summed E-state index contributed by atoms with van der Waals surface area (Å²) in [7, 11) is 0. The van der Waals surface area contributed by atoms with Gasteiger partial charge >= 0.3 is 0 Å². The predicted molar refractivity (Wildman–Crippen MR) is 98.6 cm³/mol. The molecule has 1 aromatic heterocycles. The largest absolute Gasteiger partial charge is 0.491 e. The lowest BCUT2D eigenvalue weighted by atomic mass is 10.1. The molecule has 0 saturated carbocycles. The Hall–Kier alpha value is -1.50. The Balaban J connectivity index is 1.89. The maximum Gasteiger partial charge on any atom is 0.119 e. The Bertz CT molecular complexity index is 620. The van der Waals surface area contributed by atoms with Gasteiger partial charge in [-0.2, -0.15) is 0 Å². The summed E-state index contributed by atoms with van der Waals surface area (Å²) >= 11 is 1.43. The molecule has 6 heteroatoms. The van der Waals surface area contributed by atoms with Crippen LogP contribution in [0.1, 0.15) is 39.8 Å². The van der Waals surface area contributed by atoms with E-state index in [2.05, 4.69) is 42.6 Å². The molecule has 1 unspecified atom stereocenters. The van der Waals surface area contributed by atoms with E-state index in [0.29, 0.717) is 6.54 Å². The standard InChI is InChI=1S/C18H27N3O2S/c1-5-6-16-17(24-21-20-16)13-7-9-15(10-8-13)23-12-14(22)11-19-18(2,3)4/h7-10,14,19,22H,5-6,11-12H2,1-4H3. The number of β-amino-alcohol motifs (C(OH)–C–C–N with tert-alkyl or cyclic N) is 1. The van der Waals surface area contributed by atoms with Crippen LogP contribution >= 0.6 is 11.5 Å². The van der Waals surface area contributed by atoms with E-state index in [1.54, 1.807) is 0 Å². The van der Waals surface area contributed by atoms with Gasteiger partial charge in [0.25, 0.3) is 0 Å². The van der Waals surface area contributed by atoms with Gasteiger partial charge in [0.15, 0.2) is 0 Å². The molecule has 0 saturated heterocycles. The number of hydrogen-bond acceptors (Lipinski definition) is 6. The van der Waals surface area contributed by atoms with Crippen molar-refractivity contribution >= 4 is 11.5 Å². The van der Waals surface area contributed by atoms with E-state index in [1.807, 2.05) is 24.3 Å². The lowest BCUT2D eigenvalue weighted by molar-refractivity contribution is 0.100. The van der Waals surface area contributed by atoms with Crippen molar-refractivity contribution in [1.82, 2.24) is 14.9 Å². The fourth-order valence-corrected chi connectivity index (χ4v) is 2.92. The normalized spacial score (nSPS) is 13.0. The van der Waals surface area contributed by atoms with E-state index in [-0.39, 0.29) is 12.1 Å². The third-order valence-electron chi connectivity index (χ3n) is 3.47. The summed E-state index contributed by atoms with van der Waals surface area (Å²) in [6, 6.07) is 7.89. The highest BCUT2D eigenvalue weighted by Gasteiger charge is 2.13. The Kier molecular flexibility index (Phi) is 6.71. The van der Waals surface area contributed by atoms with Gasteiger partial charge in [-0.15, -0.1) is 5.10 Å². The van der Waals surface area contributed by atoms with Crippen molar-refractivity contribution in [2.45, 2.75) is 52.2 Å². The smallest absolute Gasteiger partial charge is 0.119 e. The second-order valence-corrected chi connectivity index (χ2v) is 7.67. The molecule has 2 N–H and O–H groups in total. The maximum absolute atomic E-state index is 9.97. The second-order valence-electron chi connectivity index (χ2n) is 6.92. The fraction of sp³-hybridized carbons (Fsp3) is 0.556. The molecular weight excluding hydrogens is 322 g/mol. The number of aliphatic hydroxyl groups is 1. The first-order chi connectivity index (χ1) is 11.4. The van der Waals surface area contributed by atoms with Crippen LogP contribution in [0.5, 0.6) is 5.75 Å². The number of rotatable bonds is 8. The molecule has 24 heavy (non-hydrogen) atoms. The van der Waals surface area contributed by atoms with Crippen LogP contribution in [0.2, 0.25) is 0 Å². The highest BCUT2D eigenvalue weighted by molar-refractivity contribution is 7.09. The lowest BCUT2D eigenvalue weighted by Gasteiger charge is -2.23. The zero-order chi connectivity index (χ0) is 17.6. The molecule has 5 nitrogen and oxygen atoms in total. The average Bonchev–Trinajstić information content (AvgIpc) is 2.99. The van der Waals surface area contributed by atoms with E-state index in [4.69, 9.17) is 4.74 Å². The summed E-state index contributed by atoms with van der Waals surface area (Å²) in [4.78, 5) is 1.12. The predicted octanol–water partition coefficient (Wildman–Crippen LogP) is 3.29. The van der Waals surface area contributed by atoms with Gasteiger partial charge in [0.1, 0.15) is 18.5 Å². The van der Waals surface area contributed by atoms with E-state index >= 15 is 0 Å². The first-order valence-corrected chi connectivity index (χ1v) is 9.14. The first kappa shape index (κ1) is 18.8. The minimum absolute atomic E-state index is 0.0123. The Morgan fingerprint density at radius 3 is 2.58 bits per heavy atom. The van der Waals surface area contributed by atoms with Crippen molar-refractivity contribution in [1.29, 1.82) is 0 Å². The average molecular weight is 350 g/mol. The Morgan fingerprint density at radius 1 is 1.25 bits per heavy atom. The summed E-state index contributed by atoms with van der Waals surface area (Å²) in [5.41, 5.74) is 2.15. The minimum atomic E-state index is -0.536. The molecular formula is C18H27N3O2S. The SMILES string of the molecule is CCCc1nnsc1-c1ccc(OCC(O)CNC(C)(C)C)cc1. The van der Waals surface area contributed by atoms with Gasteiger partial charge in [0.05, 0.1) is 10.6 Å². The molecule has 0 aliphatic rings. The number of hydrogen-bond donors (Lipinski definition) is 2. The summed E-state index contributed by atoms with van der Waals surface area (Å²) < 4.78 is 9.72. The van der Waals surface area contributed by atoms with Crippen molar-refractivity contribution in [3.05, 3.63) is 30.0 Å². The molecule has 0 aliphatic heterocycles. The lowest BCUT2D eigenvalue weighted by Crippen LogP contribution is -2.42. The van der Waals surface area contributed by atoms with Gasteiger partial charge < -0.3 is 15.2 Å². The van der Waals surface area contributed by atoms with Crippen LogP contribution in [-0.4, -0.2) is 39.5 Å². The molecule has 0 spiro atoms. The summed E-state index contributed by atoms with van der Waals surface area (Å²) in [5.74, 6) is 0.753. The molecule has 2 rings (SSSR count). The van der Waals surface area contributed by atoms with Gasteiger partial charge in [-0.1, -0.05) is 17.8 Å². The highest BCUT2D eigenvalue weighted by Crippen LogP contribution is 2.28. The zero-order valence-electron chi connectivity index (χ0n) is 14.9. The van der Waals surface area contributed by atoms with Gasteiger partial charge in [-0.3, -0.25) is 0 Å². The molecule has 1 heterocycles. The van der Waals surface area contributed by atoms with Crippen LogP contribution in [0.15, 0.2) is 24.3 Å². The molecule has 0 bridgehead atoms. The van der Waals surface area contributed by atoms with Crippen molar-refractivity contribution in [3.63, 3.8) is 0 Å². The second kappa shape index (κ2) is 8.55. The molecule has 0 radical (unpaired) electrons. The molecule has 0 aliphatic carbocycles. The third-order valence-corrected chi connectivity index (χ3v) is 4.29. The molecule has 2 aromatic rings. The summed E-state index contributed by atoms with van der Waals surface area (Å²) in [6.45, 7) is 9.13. The maximum atomic E-state index is 9.97. The topological polar surface area (TPSA) is 67.3 Å². The number of aromatic nitrogens is 2. The summed E-state index contributed by atoms with van der Waals surface area (Å²) in [5, 5.41) is 17.4. The minimum Gasteiger partial charge on any atom is -0.491 e. The van der Waals surface area contributed by atoms with Crippen LogP contribution in [0.25, 0.3) is 10.4 Å². The van der Waals surface area contributed by atoms with Crippen molar-refractivity contribution in [3.8, 4) is 16.2 Å². The van der Waals surface area contributed by atoms with E-state index < -0.39 is 6.10 Å². The zero-order valence-corrected chi connectivity index (χ0v) is 15.7. The molecule has 1 aromatic carbocycles. The van der Waals surface area contributed by atoms with E-state index in [0.717, 1.165) is 34.7 Å². The van der Waals surface area contributed by atoms with Gasteiger partial charge in [0.2, 0.25) is 0 Å². The van der Waals surface area contributed by atoms with Gasteiger partial charge in [-0.05, 0) is 68.6 Å². The van der Waals surface area contributed by atoms with Crippen LogP contribution in [0, 0.1) is 0 Å². The molecule has 0 fully saturated rings. The van der Waals surface area contributed by atoms with Gasteiger partial charge in [-0.25, -0.2) is 0 Å². The number of nitrogens with one attached hydrogen (secondary N) is 1. The Labute approximate surface area is 148 Å². The van der Waals surface area contributed by atoms with Crippen molar-refractivity contribution in [2.75, 3.05) is 13.2 Å². The Morgan fingerprint density at radius 2 is 1.96 bits per heavy atom. The van der Waals surface area contributed by atoms with Crippen molar-refractivity contribution in [2.24, 2.45) is 0 Å². The monoisotopic (exact) mass is 349 g/mol. The van der Waals surface area contributed by atoms with Crippen LogP contribution in [0.4, 0.5) is 0 Å². The molecule has 1 atom stereocenters. The molecule has 0 amide bonds. The number of benzene rings is 1. The van der Waals surface area contributed by atoms with Gasteiger partial charge in [0, 0.05) is 12.1 Å².